The van der Waals surface area contributed by atoms with Crippen molar-refractivity contribution in [2.24, 2.45) is 5.73 Å². The summed E-state index contributed by atoms with van der Waals surface area (Å²) in [6, 6.07) is 6.39. The summed E-state index contributed by atoms with van der Waals surface area (Å²) in [4.78, 5) is 11.9. The first kappa shape index (κ1) is 13.8. The molecule has 1 fully saturated rings. The van der Waals surface area contributed by atoms with Crippen LogP contribution in [0.25, 0.3) is 0 Å². The fraction of sp³-hybridized carbons (Fsp3) is 0.417. The molecule has 1 aliphatic rings. The number of carbonyl (C=O) groups is 1. The van der Waals surface area contributed by atoms with Gasteiger partial charge < -0.3 is 16.2 Å². The molecular weight excluding hydrogens is 240 g/mol. The number of nitrogens with one attached hydrogen (secondary N) is 1. The zero-order valence-electron chi connectivity index (χ0n) is 9.48. The van der Waals surface area contributed by atoms with Crippen molar-refractivity contribution in [2.75, 3.05) is 5.32 Å². The normalized spacial score (nSPS) is 17.2. The lowest BCUT2D eigenvalue weighted by atomic mass is 9.98. The predicted molar refractivity (Wildman–Crippen MR) is 69.4 cm³/mol. The maximum absolute atomic E-state index is 11.9. The van der Waals surface area contributed by atoms with E-state index in [1.807, 2.05) is 0 Å². The van der Waals surface area contributed by atoms with E-state index in [0.717, 1.165) is 25.7 Å². The zero-order chi connectivity index (χ0) is 11.6. The average molecular weight is 257 g/mol. The molecular formula is C12H17ClN2O2. The second-order valence-corrected chi connectivity index (χ2v) is 4.36. The Morgan fingerprint density at radius 1 is 1.24 bits per heavy atom. The van der Waals surface area contributed by atoms with Gasteiger partial charge in [-0.1, -0.05) is 12.8 Å². The number of phenols is 1. The van der Waals surface area contributed by atoms with E-state index in [1.165, 1.54) is 12.1 Å². The summed E-state index contributed by atoms with van der Waals surface area (Å²) >= 11 is 0. The van der Waals surface area contributed by atoms with Crippen molar-refractivity contribution in [1.82, 2.24) is 0 Å². The number of hydrogen-bond donors (Lipinski definition) is 3. The van der Waals surface area contributed by atoms with Crippen LogP contribution >= 0.6 is 12.4 Å². The lowest BCUT2D eigenvalue weighted by Gasteiger charge is -2.22. The van der Waals surface area contributed by atoms with Gasteiger partial charge in [-0.05, 0) is 37.1 Å². The smallest absolute Gasteiger partial charge is 0.244 e. The lowest BCUT2D eigenvalue weighted by Crippen LogP contribution is -2.48. The summed E-state index contributed by atoms with van der Waals surface area (Å²) in [5, 5.41) is 11.9. The Morgan fingerprint density at radius 3 is 2.29 bits per heavy atom. The Hall–Kier alpha value is -1.26. The zero-order valence-corrected chi connectivity index (χ0v) is 10.3. The highest BCUT2D eigenvalue weighted by atomic mass is 35.5. The maximum Gasteiger partial charge on any atom is 0.244 e. The van der Waals surface area contributed by atoms with Gasteiger partial charge in [0.05, 0.1) is 5.54 Å². The van der Waals surface area contributed by atoms with Crippen LogP contribution in [0.5, 0.6) is 5.75 Å². The minimum absolute atomic E-state index is 0. The van der Waals surface area contributed by atoms with Crippen LogP contribution in [0.2, 0.25) is 0 Å². The highest BCUT2D eigenvalue weighted by Gasteiger charge is 2.36. The summed E-state index contributed by atoms with van der Waals surface area (Å²) in [6.45, 7) is 0. The summed E-state index contributed by atoms with van der Waals surface area (Å²) in [5.41, 5.74) is 5.97. The second kappa shape index (κ2) is 5.38. The summed E-state index contributed by atoms with van der Waals surface area (Å²) < 4.78 is 0. The van der Waals surface area contributed by atoms with Gasteiger partial charge in [0.15, 0.2) is 0 Å². The summed E-state index contributed by atoms with van der Waals surface area (Å²) in [6.07, 6.45) is 3.52. The van der Waals surface area contributed by atoms with Crippen LogP contribution < -0.4 is 11.1 Å². The number of hydrogen-bond acceptors (Lipinski definition) is 3. The quantitative estimate of drug-likeness (QED) is 0.709. The highest BCUT2D eigenvalue weighted by Crippen LogP contribution is 2.28. The molecule has 0 spiro atoms. The van der Waals surface area contributed by atoms with Gasteiger partial charge in [-0.15, -0.1) is 12.4 Å². The van der Waals surface area contributed by atoms with Crippen molar-refractivity contribution < 1.29 is 9.90 Å². The highest BCUT2D eigenvalue weighted by molar-refractivity contribution is 5.98. The number of rotatable bonds is 2. The monoisotopic (exact) mass is 256 g/mol. The van der Waals surface area contributed by atoms with E-state index >= 15 is 0 Å². The van der Waals surface area contributed by atoms with E-state index in [4.69, 9.17) is 10.8 Å². The van der Waals surface area contributed by atoms with E-state index in [2.05, 4.69) is 5.32 Å². The van der Waals surface area contributed by atoms with Gasteiger partial charge in [0, 0.05) is 5.69 Å². The molecule has 0 aromatic heterocycles. The second-order valence-electron chi connectivity index (χ2n) is 4.36. The molecule has 1 aromatic carbocycles. The Balaban J connectivity index is 0.00000144. The Labute approximate surface area is 107 Å². The number of phenolic OH excluding ortho intramolecular Hbond substituents is 1. The molecule has 0 aliphatic heterocycles. The van der Waals surface area contributed by atoms with Crippen molar-refractivity contribution in [1.29, 1.82) is 0 Å². The Bertz CT molecular complexity index is 386. The SMILES string of the molecule is Cl.NC1(C(=O)Nc2ccc(O)cc2)CCCC1. The average Bonchev–Trinajstić information content (AvgIpc) is 2.70. The number of aromatic hydroxyl groups is 1. The standard InChI is InChI=1S/C12H16N2O2.ClH/c13-12(7-1-2-8-12)11(16)14-9-3-5-10(15)6-4-9;/h3-6,15H,1-2,7-8,13H2,(H,14,16);1H. The summed E-state index contributed by atoms with van der Waals surface area (Å²) in [7, 11) is 0. The van der Waals surface area contributed by atoms with Crippen molar-refractivity contribution >= 4 is 24.0 Å². The van der Waals surface area contributed by atoms with E-state index in [0.29, 0.717) is 5.69 Å². The van der Waals surface area contributed by atoms with Gasteiger partial charge in [0.1, 0.15) is 5.75 Å². The molecule has 5 heteroatoms. The van der Waals surface area contributed by atoms with Crippen molar-refractivity contribution in [3.05, 3.63) is 24.3 Å². The van der Waals surface area contributed by atoms with E-state index in [1.54, 1.807) is 12.1 Å². The van der Waals surface area contributed by atoms with E-state index in [9.17, 15) is 4.79 Å². The molecule has 4 nitrogen and oxygen atoms in total. The van der Waals surface area contributed by atoms with Crippen LogP contribution in [-0.2, 0) is 4.79 Å². The van der Waals surface area contributed by atoms with E-state index < -0.39 is 5.54 Å². The number of halogens is 1. The first-order chi connectivity index (χ1) is 7.60. The topological polar surface area (TPSA) is 75.4 Å². The third-order valence-corrected chi connectivity index (χ3v) is 3.07. The van der Waals surface area contributed by atoms with Gasteiger partial charge in [0.2, 0.25) is 5.91 Å². The molecule has 1 aromatic rings. The molecule has 0 atom stereocenters. The van der Waals surface area contributed by atoms with Gasteiger partial charge in [-0.2, -0.15) is 0 Å². The Kier molecular flexibility index (Phi) is 4.37. The van der Waals surface area contributed by atoms with Gasteiger partial charge in [0.25, 0.3) is 0 Å². The molecule has 94 valence electrons. The van der Waals surface area contributed by atoms with Crippen LogP contribution in [0.1, 0.15) is 25.7 Å². The summed E-state index contributed by atoms with van der Waals surface area (Å²) in [5.74, 6) is 0.0528. The molecule has 1 saturated carbocycles. The third kappa shape index (κ3) is 3.11. The predicted octanol–water partition coefficient (Wildman–Crippen LogP) is 2.02. The largest absolute Gasteiger partial charge is 0.508 e. The van der Waals surface area contributed by atoms with Crippen molar-refractivity contribution in [3.63, 3.8) is 0 Å². The van der Waals surface area contributed by atoms with Gasteiger partial charge >= 0.3 is 0 Å². The van der Waals surface area contributed by atoms with Crippen LogP contribution in [-0.4, -0.2) is 16.6 Å². The number of nitrogens with two attached hydrogens (primary N) is 1. The van der Waals surface area contributed by atoms with Crippen molar-refractivity contribution in [2.45, 2.75) is 31.2 Å². The molecule has 0 radical (unpaired) electrons. The fourth-order valence-corrected chi connectivity index (χ4v) is 2.03. The molecule has 0 unspecified atom stereocenters. The number of benzene rings is 1. The third-order valence-electron chi connectivity index (χ3n) is 3.07. The maximum atomic E-state index is 11.9. The molecule has 4 N–H and O–H groups in total. The molecule has 1 amide bonds. The minimum atomic E-state index is -0.710. The van der Waals surface area contributed by atoms with Crippen LogP contribution in [0.3, 0.4) is 0 Å². The molecule has 0 bridgehead atoms. The Morgan fingerprint density at radius 2 is 1.76 bits per heavy atom. The molecule has 17 heavy (non-hydrogen) atoms. The van der Waals surface area contributed by atoms with Crippen molar-refractivity contribution in [3.8, 4) is 5.75 Å². The first-order valence-corrected chi connectivity index (χ1v) is 5.49. The molecule has 2 rings (SSSR count). The van der Waals surface area contributed by atoms with Gasteiger partial charge in [-0.25, -0.2) is 0 Å². The first-order valence-electron chi connectivity index (χ1n) is 5.49. The van der Waals surface area contributed by atoms with Crippen LogP contribution in [0.15, 0.2) is 24.3 Å². The molecule has 0 saturated heterocycles. The van der Waals surface area contributed by atoms with Crippen LogP contribution in [0.4, 0.5) is 5.69 Å². The number of anilines is 1. The number of carbonyl (C=O) groups excluding carboxylic acids is 1. The van der Waals surface area contributed by atoms with E-state index in [-0.39, 0.29) is 24.1 Å². The minimum Gasteiger partial charge on any atom is -0.508 e. The van der Waals surface area contributed by atoms with Gasteiger partial charge in [-0.3, -0.25) is 4.79 Å². The lowest BCUT2D eigenvalue weighted by molar-refractivity contribution is -0.121. The number of amides is 1. The molecule has 1 aliphatic carbocycles. The van der Waals surface area contributed by atoms with Crippen LogP contribution in [0, 0.1) is 0 Å². The fourth-order valence-electron chi connectivity index (χ4n) is 2.03. The molecule has 0 heterocycles.